The topological polar surface area (TPSA) is 54.5 Å². The van der Waals surface area contributed by atoms with Crippen molar-refractivity contribution in [1.82, 2.24) is 14.8 Å². The van der Waals surface area contributed by atoms with Crippen molar-refractivity contribution in [1.29, 1.82) is 5.26 Å². The van der Waals surface area contributed by atoms with Gasteiger partial charge in [-0.25, -0.2) is 9.67 Å². The van der Waals surface area contributed by atoms with Gasteiger partial charge in [0.05, 0.1) is 4.24 Å². The predicted octanol–water partition coefficient (Wildman–Crippen LogP) is 4.46. The molecule has 1 aliphatic heterocycles. The monoisotopic (exact) mass is 354 g/mol. The van der Waals surface area contributed by atoms with E-state index in [9.17, 15) is 5.26 Å². The molecule has 0 saturated carbocycles. The molecule has 1 unspecified atom stereocenters. The zero-order chi connectivity index (χ0) is 14.8. The summed E-state index contributed by atoms with van der Waals surface area (Å²) in [7, 11) is 0. The van der Waals surface area contributed by atoms with E-state index in [1.165, 1.54) is 17.3 Å². The lowest BCUT2D eigenvalue weighted by Crippen LogP contribution is -1.96. The van der Waals surface area contributed by atoms with E-state index in [0.717, 1.165) is 15.6 Å². The molecule has 0 bridgehead atoms. The molecule has 0 N–H and O–H groups in total. The van der Waals surface area contributed by atoms with Gasteiger partial charge in [-0.3, -0.25) is 0 Å². The molecule has 3 rings (SSSR count). The van der Waals surface area contributed by atoms with Crippen LogP contribution < -0.4 is 0 Å². The van der Waals surface area contributed by atoms with Crippen molar-refractivity contribution in [2.45, 2.75) is 5.25 Å². The number of hydrogen-bond donors (Lipinski definition) is 0. The van der Waals surface area contributed by atoms with Crippen LogP contribution in [0.4, 0.5) is 0 Å². The molecule has 2 heterocycles. The molecule has 1 fully saturated rings. The lowest BCUT2D eigenvalue weighted by atomic mass is 10.2. The van der Waals surface area contributed by atoms with E-state index in [4.69, 9.17) is 23.2 Å². The van der Waals surface area contributed by atoms with E-state index < -0.39 is 0 Å². The van der Waals surface area contributed by atoms with Crippen molar-refractivity contribution >= 4 is 52.4 Å². The van der Waals surface area contributed by atoms with Crippen molar-refractivity contribution in [3.8, 4) is 6.07 Å². The molecule has 0 aliphatic carbocycles. The van der Waals surface area contributed by atoms with Gasteiger partial charge in [0.25, 0.3) is 0 Å². The minimum absolute atomic E-state index is 0.196. The van der Waals surface area contributed by atoms with Gasteiger partial charge in [0, 0.05) is 21.0 Å². The van der Waals surface area contributed by atoms with E-state index in [1.807, 2.05) is 12.1 Å². The van der Waals surface area contributed by atoms with Crippen molar-refractivity contribution in [3.05, 3.63) is 50.7 Å². The number of hydrogen-bond acceptors (Lipinski definition) is 5. The maximum absolute atomic E-state index is 9.34. The lowest BCUT2D eigenvalue weighted by molar-refractivity contribution is 0.911. The number of allylic oxidation sites excluding steroid dienone is 1. The predicted molar refractivity (Wildman–Crippen MR) is 88.1 cm³/mol. The number of nitriles is 1. The molecule has 0 radical (unpaired) electrons. The molecule has 1 aromatic heterocycles. The van der Waals surface area contributed by atoms with Gasteiger partial charge in [-0.15, -0.1) is 23.5 Å². The first-order valence-electron chi connectivity index (χ1n) is 5.93. The highest BCUT2D eigenvalue weighted by molar-refractivity contribution is 8.25. The molecule has 4 nitrogen and oxygen atoms in total. The van der Waals surface area contributed by atoms with Crippen LogP contribution in [0.15, 0.2) is 35.1 Å². The lowest BCUT2D eigenvalue weighted by Gasteiger charge is -2.10. The maximum atomic E-state index is 9.34. The summed E-state index contributed by atoms with van der Waals surface area (Å²) in [6, 6.07) is 7.70. The summed E-state index contributed by atoms with van der Waals surface area (Å²) < 4.78 is 2.42. The summed E-state index contributed by atoms with van der Waals surface area (Å²) in [4.78, 5) is 3.88. The fourth-order valence-electron chi connectivity index (χ4n) is 1.90. The van der Waals surface area contributed by atoms with Crippen LogP contribution in [0.25, 0.3) is 5.70 Å². The van der Waals surface area contributed by atoms with Crippen molar-refractivity contribution in [3.63, 3.8) is 0 Å². The smallest absolute Gasteiger partial charge is 0.163 e. The standard InChI is InChI=1S/C13H8Cl2N4S2/c14-8-1-2-9(10(15)3-8)12-5-20-13(21-12)11(4-16)19-7-17-6-18-19/h1-3,6-7,12H,5H2/b13-11+. The quantitative estimate of drug-likeness (QED) is 0.745. The second kappa shape index (κ2) is 6.32. The Hall–Kier alpha value is -1.13. The van der Waals surface area contributed by atoms with Crippen molar-refractivity contribution < 1.29 is 0 Å². The van der Waals surface area contributed by atoms with Crippen molar-refractivity contribution in [2.75, 3.05) is 5.75 Å². The minimum Gasteiger partial charge on any atom is -0.223 e. The molecule has 0 spiro atoms. The van der Waals surface area contributed by atoms with E-state index in [-0.39, 0.29) is 5.25 Å². The van der Waals surface area contributed by atoms with Gasteiger partial charge in [-0.2, -0.15) is 10.4 Å². The number of aromatic nitrogens is 3. The van der Waals surface area contributed by atoms with Crippen LogP contribution in [-0.4, -0.2) is 20.5 Å². The highest BCUT2D eigenvalue weighted by Crippen LogP contribution is 2.53. The second-order valence-corrected chi connectivity index (χ2v) is 7.52. The summed E-state index contributed by atoms with van der Waals surface area (Å²) >= 11 is 15.4. The zero-order valence-corrected chi connectivity index (χ0v) is 13.7. The van der Waals surface area contributed by atoms with Gasteiger partial charge in [0.2, 0.25) is 0 Å². The molecule has 2 aromatic rings. The van der Waals surface area contributed by atoms with Gasteiger partial charge in [-0.05, 0) is 17.7 Å². The molecule has 1 aromatic carbocycles. The maximum Gasteiger partial charge on any atom is 0.163 e. The zero-order valence-electron chi connectivity index (χ0n) is 10.5. The Balaban J connectivity index is 1.90. The first kappa shape index (κ1) is 14.8. The third kappa shape index (κ3) is 3.06. The van der Waals surface area contributed by atoms with Crippen LogP contribution in [0.1, 0.15) is 10.8 Å². The van der Waals surface area contributed by atoms with Crippen LogP contribution in [0, 0.1) is 11.3 Å². The summed E-state index contributed by atoms with van der Waals surface area (Å²) in [5.41, 5.74) is 1.53. The van der Waals surface area contributed by atoms with Gasteiger partial charge >= 0.3 is 0 Å². The Labute approximate surface area is 140 Å². The molecule has 1 aliphatic rings. The van der Waals surface area contributed by atoms with E-state index in [1.54, 1.807) is 29.6 Å². The Bertz CT molecular complexity index is 737. The molecule has 106 valence electrons. The highest BCUT2D eigenvalue weighted by Gasteiger charge is 2.27. The molecule has 21 heavy (non-hydrogen) atoms. The van der Waals surface area contributed by atoms with Gasteiger partial charge in [0.15, 0.2) is 5.70 Å². The first-order chi connectivity index (χ1) is 10.2. The largest absolute Gasteiger partial charge is 0.223 e. The molecule has 0 amide bonds. The Kier molecular flexibility index (Phi) is 4.45. The van der Waals surface area contributed by atoms with E-state index in [2.05, 4.69) is 16.2 Å². The van der Waals surface area contributed by atoms with Gasteiger partial charge in [-0.1, -0.05) is 29.3 Å². The average molecular weight is 355 g/mol. The number of benzene rings is 1. The summed E-state index contributed by atoms with van der Waals surface area (Å²) in [5.74, 6) is 0.848. The highest BCUT2D eigenvalue weighted by atomic mass is 35.5. The van der Waals surface area contributed by atoms with E-state index in [0.29, 0.717) is 15.7 Å². The van der Waals surface area contributed by atoms with Crippen LogP contribution in [0.5, 0.6) is 0 Å². The van der Waals surface area contributed by atoms with Crippen molar-refractivity contribution in [2.24, 2.45) is 0 Å². The van der Waals surface area contributed by atoms with Crippen LogP contribution in [-0.2, 0) is 0 Å². The minimum atomic E-state index is 0.196. The Morgan fingerprint density at radius 2 is 2.29 bits per heavy atom. The summed E-state index contributed by atoms with van der Waals surface area (Å²) in [5, 5.41) is 14.8. The number of nitrogens with zero attached hydrogens (tertiary/aromatic N) is 4. The van der Waals surface area contributed by atoms with Crippen LogP contribution >= 0.6 is 46.7 Å². The first-order valence-corrected chi connectivity index (χ1v) is 8.55. The summed E-state index contributed by atoms with van der Waals surface area (Å²) in [6.07, 6.45) is 2.94. The molecule has 1 saturated heterocycles. The molecule has 8 heteroatoms. The van der Waals surface area contributed by atoms with Gasteiger partial charge in [0.1, 0.15) is 18.7 Å². The SMILES string of the molecule is N#C/C(=C1/SCC(c2ccc(Cl)cc2Cl)S1)n1cncn1. The fraction of sp³-hybridized carbons (Fsp3) is 0.154. The summed E-state index contributed by atoms with van der Waals surface area (Å²) in [6.45, 7) is 0. The molecular weight excluding hydrogens is 347 g/mol. The molecule has 1 atom stereocenters. The number of rotatable bonds is 2. The Morgan fingerprint density at radius 1 is 1.43 bits per heavy atom. The van der Waals surface area contributed by atoms with Crippen LogP contribution in [0.3, 0.4) is 0 Å². The second-order valence-electron chi connectivity index (χ2n) is 4.17. The van der Waals surface area contributed by atoms with E-state index >= 15 is 0 Å². The third-order valence-corrected chi connectivity index (χ3v) is 6.36. The normalized spacial score (nSPS) is 20.3. The molecular formula is C13H8Cl2N4S2. The fourth-order valence-corrected chi connectivity index (χ4v) is 5.41. The average Bonchev–Trinajstić information content (AvgIpc) is 3.12. The number of thioether (sulfide) groups is 2. The van der Waals surface area contributed by atoms with Gasteiger partial charge < -0.3 is 0 Å². The number of halogens is 2. The Morgan fingerprint density at radius 3 is 2.95 bits per heavy atom. The van der Waals surface area contributed by atoms with Crippen LogP contribution in [0.2, 0.25) is 10.0 Å². The third-order valence-electron chi connectivity index (χ3n) is 2.87.